The van der Waals surface area contributed by atoms with Crippen LogP contribution in [0.5, 0.6) is 0 Å². The van der Waals surface area contributed by atoms with Gasteiger partial charge in [-0.1, -0.05) is 12.1 Å². The molecule has 1 N–H and O–H groups in total. The quantitative estimate of drug-likeness (QED) is 0.587. The Hall–Kier alpha value is -2.73. The van der Waals surface area contributed by atoms with E-state index in [0.717, 1.165) is 45.4 Å². The van der Waals surface area contributed by atoms with Crippen LogP contribution in [0.2, 0.25) is 0 Å². The number of carboxylic acids is 1. The van der Waals surface area contributed by atoms with Crippen LogP contribution in [0, 0.1) is 16.6 Å². The molecule has 1 aromatic carbocycles. The molecule has 2 spiro atoms. The molecule has 3 fully saturated rings. The molecule has 1 aromatic rings. The number of hydrogen-bond donors (Lipinski definition) is 1. The molecule has 37 heavy (non-hydrogen) atoms. The molecule has 3 saturated heterocycles. The van der Waals surface area contributed by atoms with Crippen molar-refractivity contribution in [3.8, 4) is 0 Å². The van der Waals surface area contributed by atoms with Crippen LogP contribution in [0.1, 0.15) is 24.8 Å². The Morgan fingerprint density at radius 2 is 1.76 bits per heavy atom. The normalized spacial score (nSPS) is 23.5. The van der Waals surface area contributed by atoms with E-state index in [0.29, 0.717) is 25.3 Å². The number of fused-ring (bicyclic) bond motifs is 1. The van der Waals surface area contributed by atoms with Crippen molar-refractivity contribution in [2.24, 2.45) is 10.8 Å². The number of amides is 2. The van der Waals surface area contributed by atoms with Gasteiger partial charge >= 0.3 is 12.1 Å². The lowest BCUT2D eigenvalue weighted by molar-refractivity contribution is -0.192. The average molecular weight is 532 g/mol. The fourth-order valence-corrected chi connectivity index (χ4v) is 5.89. The first-order valence-corrected chi connectivity index (χ1v) is 12.1. The van der Waals surface area contributed by atoms with Crippen molar-refractivity contribution in [2.45, 2.75) is 31.9 Å². The number of benzene rings is 1. The zero-order valence-corrected chi connectivity index (χ0v) is 21.0. The molecule has 4 rings (SSSR count). The van der Waals surface area contributed by atoms with E-state index in [-0.39, 0.29) is 34.9 Å². The van der Waals surface area contributed by atoms with Gasteiger partial charge in [-0.05, 0) is 37.0 Å². The third kappa shape index (κ3) is 6.23. The van der Waals surface area contributed by atoms with Crippen molar-refractivity contribution in [1.29, 1.82) is 0 Å². The Morgan fingerprint density at radius 3 is 2.27 bits per heavy atom. The highest BCUT2D eigenvalue weighted by Gasteiger charge is 2.64. The fraction of sp³-hybridized carbons (Fsp3) is 0.640. The van der Waals surface area contributed by atoms with Gasteiger partial charge in [0.2, 0.25) is 11.8 Å². The monoisotopic (exact) mass is 531 g/mol. The lowest BCUT2D eigenvalue weighted by Gasteiger charge is -2.47. The van der Waals surface area contributed by atoms with Crippen LogP contribution in [0.3, 0.4) is 0 Å². The first-order chi connectivity index (χ1) is 17.3. The number of rotatable bonds is 5. The van der Waals surface area contributed by atoms with Crippen LogP contribution in [0.4, 0.5) is 17.6 Å². The fourth-order valence-electron chi connectivity index (χ4n) is 5.89. The molecule has 0 radical (unpaired) electrons. The summed E-state index contributed by atoms with van der Waals surface area (Å²) in [6.07, 6.45) is -2.30. The predicted molar refractivity (Wildman–Crippen MR) is 125 cm³/mol. The maximum Gasteiger partial charge on any atom is 0.490 e. The number of halogens is 4. The lowest BCUT2D eigenvalue weighted by Crippen LogP contribution is -2.53. The first-order valence-electron chi connectivity index (χ1n) is 12.1. The van der Waals surface area contributed by atoms with Gasteiger partial charge in [0.1, 0.15) is 5.82 Å². The third-order valence-electron chi connectivity index (χ3n) is 7.84. The van der Waals surface area contributed by atoms with Crippen molar-refractivity contribution in [2.75, 3.05) is 60.0 Å². The zero-order valence-electron chi connectivity index (χ0n) is 21.0. The highest BCUT2D eigenvalue weighted by atomic mass is 19.4. The number of nitrogens with zero attached hydrogens (tertiary/aromatic N) is 3. The van der Waals surface area contributed by atoms with Crippen LogP contribution >= 0.6 is 0 Å². The summed E-state index contributed by atoms with van der Waals surface area (Å²) in [6.45, 7) is 5.29. The molecule has 0 bridgehead atoms. The highest BCUT2D eigenvalue weighted by Crippen LogP contribution is 2.57. The Kier molecular flexibility index (Phi) is 8.84. The van der Waals surface area contributed by atoms with E-state index in [1.807, 2.05) is 16.8 Å². The van der Waals surface area contributed by atoms with Gasteiger partial charge in [-0.25, -0.2) is 9.18 Å². The van der Waals surface area contributed by atoms with Crippen LogP contribution in [0.25, 0.3) is 0 Å². The smallest absolute Gasteiger partial charge is 0.475 e. The van der Waals surface area contributed by atoms with Crippen molar-refractivity contribution >= 4 is 17.8 Å². The van der Waals surface area contributed by atoms with Gasteiger partial charge < -0.3 is 19.6 Å². The second kappa shape index (κ2) is 11.3. The van der Waals surface area contributed by atoms with E-state index in [9.17, 15) is 27.2 Å². The largest absolute Gasteiger partial charge is 0.490 e. The van der Waals surface area contributed by atoms with Gasteiger partial charge in [-0.15, -0.1) is 0 Å². The standard InChI is InChI=1S/C23H32FN3O3.C2HF3O2/c1-25-9-8-23(21(25)29)17-26(12-13-30-2)16-22(23)6-10-27(11-7-22)20(28)15-18-4-3-5-19(24)14-18;3-2(4,5)1(6)7/h3-5,14H,6-13,15-17H2,1-2H3;(H,6,7). The molecule has 8 nitrogen and oxygen atoms in total. The molecular formula is C25H33F4N3O5. The van der Waals surface area contributed by atoms with Crippen LogP contribution in [-0.4, -0.2) is 104 Å². The number of alkyl halides is 3. The molecular weight excluding hydrogens is 498 g/mol. The summed E-state index contributed by atoms with van der Waals surface area (Å²) in [5.41, 5.74) is 0.279. The Morgan fingerprint density at radius 1 is 1.11 bits per heavy atom. The molecule has 1 unspecified atom stereocenters. The molecule has 3 aliphatic rings. The number of carbonyl (C=O) groups is 3. The van der Waals surface area contributed by atoms with E-state index in [4.69, 9.17) is 14.6 Å². The highest BCUT2D eigenvalue weighted by molar-refractivity contribution is 5.86. The number of ether oxygens (including phenoxy) is 1. The van der Waals surface area contributed by atoms with Gasteiger partial charge in [0.15, 0.2) is 0 Å². The maximum atomic E-state index is 13.4. The molecule has 3 aliphatic heterocycles. The second-order valence-corrected chi connectivity index (χ2v) is 10.0. The summed E-state index contributed by atoms with van der Waals surface area (Å²) < 4.78 is 50.5. The number of hydrogen-bond acceptors (Lipinski definition) is 5. The number of aliphatic carboxylic acids is 1. The Balaban J connectivity index is 0.000000479. The average Bonchev–Trinajstić information content (AvgIpc) is 3.29. The summed E-state index contributed by atoms with van der Waals surface area (Å²) >= 11 is 0. The Bertz CT molecular complexity index is 997. The van der Waals surface area contributed by atoms with E-state index in [2.05, 4.69) is 4.90 Å². The van der Waals surface area contributed by atoms with Crippen LogP contribution < -0.4 is 0 Å². The summed E-state index contributed by atoms with van der Waals surface area (Å²) in [4.78, 5) is 41.1. The van der Waals surface area contributed by atoms with E-state index in [1.165, 1.54) is 12.1 Å². The summed E-state index contributed by atoms with van der Waals surface area (Å²) in [7, 11) is 3.61. The van der Waals surface area contributed by atoms with Gasteiger partial charge in [0.25, 0.3) is 0 Å². The van der Waals surface area contributed by atoms with Gasteiger partial charge in [0.05, 0.1) is 18.4 Å². The Labute approximate surface area is 213 Å². The zero-order chi connectivity index (χ0) is 27.4. The lowest BCUT2D eigenvalue weighted by atomic mass is 9.60. The third-order valence-corrected chi connectivity index (χ3v) is 7.84. The van der Waals surface area contributed by atoms with E-state index >= 15 is 0 Å². The molecule has 2 amide bonds. The number of piperidine rings is 1. The number of carboxylic acid groups (broad SMARTS) is 1. The van der Waals surface area contributed by atoms with Crippen LogP contribution in [0.15, 0.2) is 24.3 Å². The number of likely N-dealkylation sites (tertiary alicyclic amines) is 3. The van der Waals surface area contributed by atoms with Crippen molar-refractivity contribution in [3.63, 3.8) is 0 Å². The molecule has 1 atom stereocenters. The molecule has 0 saturated carbocycles. The van der Waals surface area contributed by atoms with Crippen LogP contribution in [-0.2, 0) is 25.5 Å². The van der Waals surface area contributed by atoms with Gasteiger partial charge in [-0.2, -0.15) is 13.2 Å². The first kappa shape index (κ1) is 28.8. The van der Waals surface area contributed by atoms with Gasteiger partial charge in [0, 0.05) is 58.8 Å². The minimum absolute atomic E-state index is 0.0357. The summed E-state index contributed by atoms with van der Waals surface area (Å²) in [5, 5.41) is 7.12. The molecule has 0 aromatic heterocycles. The predicted octanol–water partition coefficient (Wildman–Crippen LogP) is 2.42. The maximum absolute atomic E-state index is 13.4. The topological polar surface area (TPSA) is 90.4 Å². The minimum atomic E-state index is -5.08. The summed E-state index contributed by atoms with van der Waals surface area (Å²) in [6, 6.07) is 6.25. The second-order valence-electron chi connectivity index (χ2n) is 10.0. The van der Waals surface area contributed by atoms with E-state index in [1.54, 1.807) is 19.2 Å². The minimum Gasteiger partial charge on any atom is -0.475 e. The van der Waals surface area contributed by atoms with Crippen molar-refractivity contribution in [3.05, 3.63) is 35.6 Å². The molecule has 12 heteroatoms. The van der Waals surface area contributed by atoms with E-state index < -0.39 is 12.1 Å². The molecule has 0 aliphatic carbocycles. The number of carbonyl (C=O) groups excluding carboxylic acids is 2. The number of methoxy groups -OCH3 is 1. The van der Waals surface area contributed by atoms with Crippen molar-refractivity contribution < 1.29 is 41.8 Å². The van der Waals surface area contributed by atoms with Gasteiger partial charge in [-0.3, -0.25) is 14.5 Å². The SMILES string of the molecule is COCCN1CC2(CCN(C(=O)Cc3cccc(F)c3)CC2)C2(CCN(C)C2=O)C1.O=C(O)C(F)(F)F. The molecule has 206 valence electrons. The molecule has 3 heterocycles. The summed E-state index contributed by atoms with van der Waals surface area (Å²) in [5.74, 6) is -2.77. The van der Waals surface area contributed by atoms with Crippen molar-refractivity contribution in [1.82, 2.24) is 14.7 Å².